The quantitative estimate of drug-likeness (QED) is 0.342. The van der Waals surface area contributed by atoms with Crippen LogP contribution in [-0.2, 0) is 4.79 Å². The Morgan fingerprint density at radius 2 is 1.93 bits per heavy atom. The molecule has 6 heteroatoms. The lowest BCUT2D eigenvalue weighted by Crippen LogP contribution is -2.21. The first-order valence-electron chi connectivity index (χ1n) is 9.74. The van der Waals surface area contributed by atoms with Gasteiger partial charge in [0.1, 0.15) is 11.6 Å². The molecule has 4 nitrogen and oxygen atoms in total. The fourth-order valence-electron chi connectivity index (χ4n) is 3.41. The third kappa shape index (κ3) is 4.00. The van der Waals surface area contributed by atoms with Crippen LogP contribution in [0.1, 0.15) is 24.6 Å². The van der Waals surface area contributed by atoms with E-state index in [9.17, 15) is 4.79 Å². The number of carboxylic acids is 1. The average Bonchev–Trinajstić information content (AvgIpc) is 3.23. The maximum Gasteiger partial charge on any atom is 0.346 e. The fourth-order valence-corrected chi connectivity index (χ4v) is 5.50. The minimum Gasteiger partial charge on any atom is -0.477 e. The molecule has 0 fully saturated rings. The molecule has 1 aromatic heterocycles. The number of carboxylic acid groups (broad SMARTS) is 1. The largest absolute Gasteiger partial charge is 0.477 e. The molecule has 1 aliphatic heterocycles. The Morgan fingerprint density at radius 3 is 2.70 bits per heavy atom. The van der Waals surface area contributed by atoms with Gasteiger partial charge in [-0.25, -0.2) is 4.79 Å². The van der Waals surface area contributed by atoms with E-state index in [0.717, 1.165) is 34.7 Å². The van der Waals surface area contributed by atoms with Crippen molar-refractivity contribution < 1.29 is 9.90 Å². The van der Waals surface area contributed by atoms with Gasteiger partial charge >= 0.3 is 5.97 Å². The summed E-state index contributed by atoms with van der Waals surface area (Å²) in [6, 6.07) is 20.6. The number of benzene rings is 2. The lowest BCUT2D eigenvalue weighted by molar-refractivity contribution is -0.132. The van der Waals surface area contributed by atoms with Crippen LogP contribution in [0.4, 0.5) is 11.4 Å². The van der Waals surface area contributed by atoms with Crippen LogP contribution in [0.2, 0.25) is 0 Å². The number of fused-ring (bicyclic) bond motifs is 2. The molecule has 0 unspecified atom stereocenters. The lowest BCUT2D eigenvalue weighted by atomic mass is 10.1. The topological polar surface area (TPSA) is 64.3 Å². The van der Waals surface area contributed by atoms with E-state index < -0.39 is 5.97 Å². The van der Waals surface area contributed by atoms with E-state index in [2.05, 4.69) is 54.3 Å². The lowest BCUT2D eigenvalue weighted by Gasteiger charge is -2.33. The zero-order valence-corrected chi connectivity index (χ0v) is 18.1. The molecular formula is C24H20N2O2S2. The number of nitriles is 1. The summed E-state index contributed by atoms with van der Waals surface area (Å²) in [5, 5.41) is 18.0. The van der Waals surface area contributed by atoms with Gasteiger partial charge in [0, 0.05) is 26.1 Å². The van der Waals surface area contributed by atoms with Gasteiger partial charge in [0.2, 0.25) is 0 Å². The number of anilines is 2. The Balaban J connectivity index is 1.69. The van der Waals surface area contributed by atoms with Gasteiger partial charge in [0.05, 0.1) is 11.4 Å². The zero-order valence-electron chi connectivity index (χ0n) is 16.5. The Labute approximate surface area is 184 Å². The first-order valence-corrected chi connectivity index (χ1v) is 11.4. The monoisotopic (exact) mass is 432 g/mol. The maximum atomic E-state index is 11.1. The molecular weight excluding hydrogens is 412 g/mol. The number of nitrogens with zero attached hydrogens (tertiary/aromatic N) is 2. The van der Waals surface area contributed by atoms with Crippen molar-refractivity contribution in [3.05, 3.63) is 65.0 Å². The molecule has 0 bridgehead atoms. The molecule has 0 spiro atoms. The molecule has 0 saturated carbocycles. The summed E-state index contributed by atoms with van der Waals surface area (Å²) < 4.78 is 0. The molecule has 0 saturated heterocycles. The number of rotatable bonds is 6. The number of unbranched alkanes of at least 4 members (excludes halogenated alkanes) is 1. The molecule has 1 aliphatic rings. The van der Waals surface area contributed by atoms with Crippen molar-refractivity contribution in [2.45, 2.75) is 29.6 Å². The van der Waals surface area contributed by atoms with Crippen LogP contribution in [-0.4, -0.2) is 17.6 Å². The van der Waals surface area contributed by atoms with E-state index >= 15 is 0 Å². The van der Waals surface area contributed by atoms with Gasteiger partial charge in [-0.3, -0.25) is 0 Å². The highest BCUT2D eigenvalue weighted by Gasteiger charge is 2.23. The second-order valence-electron chi connectivity index (χ2n) is 6.93. The van der Waals surface area contributed by atoms with E-state index in [4.69, 9.17) is 10.4 Å². The van der Waals surface area contributed by atoms with E-state index in [1.54, 1.807) is 17.8 Å². The van der Waals surface area contributed by atoms with Crippen LogP contribution in [0.5, 0.6) is 0 Å². The predicted octanol–water partition coefficient (Wildman–Crippen LogP) is 6.81. The van der Waals surface area contributed by atoms with Crippen LogP contribution < -0.4 is 4.90 Å². The third-order valence-electron chi connectivity index (χ3n) is 4.91. The Hall–Kier alpha value is -3.01. The second-order valence-corrected chi connectivity index (χ2v) is 9.13. The van der Waals surface area contributed by atoms with Crippen LogP contribution in [0, 0.1) is 11.3 Å². The molecule has 30 heavy (non-hydrogen) atoms. The minimum absolute atomic E-state index is 0.257. The summed E-state index contributed by atoms with van der Waals surface area (Å²) in [7, 11) is 0. The van der Waals surface area contributed by atoms with Crippen molar-refractivity contribution in [1.29, 1.82) is 5.26 Å². The summed E-state index contributed by atoms with van der Waals surface area (Å²) in [5.41, 5.74) is 3.32. The van der Waals surface area contributed by atoms with E-state index in [-0.39, 0.29) is 5.57 Å². The Kier molecular flexibility index (Phi) is 5.93. The van der Waals surface area contributed by atoms with Gasteiger partial charge < -0.3 is 10.0 Å². The summed E-state index contributed by atoms with van der Waals surface area (Å²) >= 11 is 3.27. The van der Waals surface area contributed by atoms with E-state index in [0.29, 0.717) is 0 Å². The number of thiophene rings is 1. The maximum absolute atomic E-state index is 11.1. The van der Waals surface area contributed by atoms with Crippen molar-refractivity contribution in [1.82, 2.24) is 0 Å². The molecule has 0 aliphatic carbocycles. The highest BCUT2D eigenvalue weighted by molar-refractivity contribution is 7.99. The molecule has 1 N–H and O–H groups in total. The van der Waals surface area contributed by atoms with Crippen molar-refractivity contribution in [2.24, 2.45) is 0 Å². The van der Waals surface area contributed by atoms with Crippen molar-refractivity contribution in [3.8, 4) is 16.5 Å². The highest BCUT2D eigenvalue weighted by Crippen LogP contribution is 2.49. The standard InChI is InChI=1S/C24H20N2O2S2/c1-2-3-12-26-19-6-4-5-7-22(19)30-23-14-16(8-10-20(23)26)21-11-9-18(29-21)13-17(15-25)24(27)28/h4-11,13-14H,2-3,12H2,1H3,(H,27,28)/b17-13-. The van der Waals surface area contributed by atoms with Crippen LogP contribution in [0.15, 0.2) is 70.0 Å². The first-order chi connectivity index (χ1) is 14.6. The van der Waals surface area contributed by atoms with Crippen LogP contribution >= 0.6 is 23.1 Å². The summed E-state index contributed by atoms with van der Waals surface area (Å²) in [5.74, 6) is -1.21. The van der Waals surface area contributed by atoms with Gasteiger partial charge in [-0.15, -0.1) is 11.3 Å². The number of hydrogen-bond acceptors (Lipinski definition) is 5. The number of aliphatic carboxylic acids is 1. The normalized spacial score (nSPS) is 12.8. The SMILES string of the molecule is CCCCN1c2ccccc2Sc2cc(-c3ccc(/C=C(/C#N)C(=O)O)s3)ccc21. The Morgan fingerprint density at radius 1 is 1.13 bits per heavy atom. The molecule has 0 amide bonds. The third-order valence-corrected chi connectivity index (χ3v) is 7.10. The molecule has 0 radical (unpaired) electrons. The molecule has 2 heterocycles. The van der Waals surface area contributed by atoms with Crippen molar-refractivity contribution in [3.63, 3.8) is 0 Å². The van der Waals surface area contributed by atoms with Gasteiger partial charge in [0.15, 0.2) is 0 Å². The minimum atomic E-state index is -1.21. The number of hydrogen-bond donors (Lipinski definition) is 1. The fraction of sp³-hybridized carbons (Fsp3) is 0.167. The molecule has 2 aromatic carbocycles. The summed E-state index contributed by atoms with van der Waals surface area (Å²) in [4.78, 5) is 17.8. The summed E-state index contributed by atoms with van der Waals surface area (Å²) in [6.07, 6.45) is 3.70. The number of para-hydroxylation sites is 1. The molecule has 0 atom stereocenters. The van der Waals surface area contributed by atoms with Gasteiger partial charge in [-0.1, -0.05) is 43.3 Å². The first kappa shape index (κ1) is 20.3. The number of carbonyl (C=O) groups is 1. The van der Waals surface area contributed by atoms with Gasteiger partial charge in [-0.05, 0) is 54.5 Å². The van der Waals surface area contributed by atoms with E-state index in [1.165, 1.54) is 38.6 Å². The van der Waals surface area contributed by atoms with Gasteiger partial charge in [0.25, 0.3) is 0 Å². The van der Waals surface area contributed by atoms with Crippen molar-refractivity contribution >= 4 is 46.5 Å². The Bertz CT molecular complexity index is 1170. The molecule has 4 rings (SSSR count). The molecule has 150 valence electrons. The van der Waals surface area contributed by atoms with Crippen LogP contribution in [0.3, 0.4) is 0 Å². The molecule has 3 aromatic rings. The zero-order chi connectivity index (χ0) is 21.1. The smallest absolute Gasteiger partial charge is 0.346 e. The van der Waals surface area contributed by atoms with Crippen molar-refractivity contribution in [2.75, 3.05) is 11.4 Å². The van der Waals surface area contributed by atoms with E-state index in [1.807, 2.05) is 12.1 Å². The van der Waals surface area contributed by atoms with Gasteiger partial charge in [-0.2, -0.15) is 5.26 Å². The predicted molar refractivity (Wildman–Crippen MR) is 123 cm³/mol. The second kappa shape index (κ2) is 8.78. The van der Waals surface area contributed by atoms with Crippen LogP contribution in [0.25, 0.3) is 16.5 Å². The highest BCUT2D eigenvalue weighted by atomic mass is 32.2. The average molecular weight is 433 g/mol. The summed E-state index contributed by atoms with van der Waals surface area (Å²) in [6.45, 7) is 3.19.